The first-order chi connectivity index (χ1) is 11.3. The van der Waals surface area contributed by atoms with Gasteiger partial charge in [0.25, 0.3) is 0 Å². The number of rotatable bonds is 3. The van der Waals surface area contributed by atoms with Crippen molar-refractivity contribution >= 4 is 11.3 Å². The molecule has 4 rings (SSSR count). The molecule has 0 saturated carbocycles. The van der Waals surface area contributed by atoms with Gasteiger partial charge in [-0.05, 0) is 5.56 Å². The molecule has 6 heteroatoms. The van der Waals surface area contributed by atoms with E-state index in [1.807, 2.05) is 18.2 Å². The van der Waals surface area contributed by atoms with Crippen LogP contribution < -0.4 is 5.73 Å². The smallest absolute Gasteiger partial charge is 0.165 e. The molecule has 6 nitrogen and oxygen atoms in total. The highest BCUT2D eigenvalue weighted by molar-refractivity contribution is 5.75. The van der Waals surface area contributed by atoms with Crippen LogP contribution in [0.5, 0.6) is 0 Å². The summed E-state index contributed by atoms with van der Waals surface area (Å²) in [6.45, 7) is 0. The number of aromatic nitrogens is 5. The largest absolute Gasteiger partial charge is 0.383 e. The van der Waals surface area contributed by atoms with Crippen LogP contribution in [0, 0.1) is 0 Å². The van der Waals surface area contributed by atoms with Crippen LogP contribution in [-0.2, 0) is 6.42 Å². The van der Waals surface area contributed by atoms with Gasteiger partial charge in [0.2, 0.25) is 0 Å². The van der Waals surface area contributed by atoms with Crippen molar-refractivity contribution in [2.24, 2.45) is 0 Å². The van der Waals surface area contributed by atoms with Crippen LogP contribution in [0.25, 0.3) is 16.9 Å². The summed E-state index contributed by atoms with van der Waals surface area (Å²) >= 11 is 0. The predicted octanol–water partition coefficient (Wildman–Crippen LogP) is 2.36. The van der Waals surface area contributed by atoms with Gasteiger partial charge in [-0.15, -0.1) is 0 Å². The minimum absolute atomic E-state index is 0.488. The summed E-state index contributed by atoms with van der Waals surface area (Å²) in [5, 5.41) is 4.27. The second-order valence-electron chi connectivity index (χ2n) is 5.23. The van der Waals surface area contributed by atoms with Crippen LogP contribution in [0.4, 0.5) is 5.82 Å². The number of anilines is 1. The van der Waals surface area contributed by atoms with Gasteiger partial charge in [0, 0.05) is 30.6 Å². The molecule has 0 radical (unpaired) electrons. The van der Waals surface area contributed by atoms with E-state index >= 15 is 0 Å². The summed E-state index contributed by atoms with van der Waals surface area (Å²) in [6, 6.07) is 10.1. The van der Waals surface area contributed by atoms with E-state index in [2.05, 4.69) is 32.2 Å². The van der Waals surface area contributed by atoms with Crippen LogP contribution in [0.1, 0.15) is 11.1 Å². The first-order valence-corrected chi connectivity index (χ1v) is 7.24. The van der Waals surface area contributed by atoms with E-state index in [1.165, 1.54) is 5.56 Å². The number of hydrogen-bond acceptors (Lipinski definition) is 5. The van der Waals surface area contributed by atoms with Gasteiger partial charge >= 0.3 is 0 Å². The van der Waals surface area contributed by atoms with E-state index in [9.17, 15) is 0 Å². The zero-order chi connectivity index (χ0) is 15.6. The molecule has 112 valence electrons. The molecule has 0 amide bonds. The summed E-state index contributed by atoms with van der Waals surface area (Å²) in [5.41, 5.74) is 9.88. The SMILES string of the molecule is Nc1nc(-c2cnn3ccncc23)ncc1Cc1ccccc1. The Hall–Kier alpha value is -3.28. The molecule has 3 heterocycles. The lowest BCUT2D eigenvalue weighted by Crippen LogP contribution is -2.02. The van der Waals surface area contributed by atoms with Gasteiger partial charge in [0.1, 0.15) is 5.82 Å². The lowest BCUT2D eigenvalue weighted by molar-refractivity contribution is 0.946. The summed E-state index contributed by atoms with van der Waals surface area (Å²) in [5.74, 6) is 1.05. The first kappa shape index (κ1) is 13.4. The van der Waals surface area contributed by atoms with Gasteiger partial charge < -0.3 is 5.73 Å². The van der Waals surface area contributed by atoms with Gasteiger partial charge in [-0.1, -0.05) is 30.3 Å². The van der Waals surface area contributed by atoms with Crippen molar-refractivity contribution in [1.82, 2.24) is 24.6 Å². The van der Waals surface area contributed by atoms with Crippen molar-refractivity contribution in [1.29, 1.82) is 0 Å². The van der Waals surface area contributed by atoms with Crippen LogP contribution in [0.3, 0.4) is 0 Å². The molecule has 2 N–H and O–H groups in total. The maximum atomic E-state index is 6.13. The van der Waals surface area contributed by atoms with Crippen LogP contribution in [-0.4, -0.2) is 24.6 Å². The minimum Gasteiger partial charge on any atom is -0.383 e. The number of nitrogens with zero attached hydrogens (tertiary/aromatic N) is 5. The highest BCUT2D eigenvalue weighted by Crippen LogP contribution is 2.22. The zero-order valence-electron chi connectivity index (χ0n) is 12.3. The Balaban J connectivity index is 1.71. The van der Waals surface area contributed by atoms with E-state index in [4.69, 9.17) is 5.73 Å². The Morgan fingerprint density at radius 1 is 1.04 bits per heavy atom. The average molecular weight is 302 g/mol. The highest BCUT2D eigenvalue weighted by atomic mass is 15.2. The van der Waals surface area contributed by atoms with Crippen molar-refractivity contribution in [2.75, 3.05) is 5.73 Å². The van der Waals surface area contributed by atoms with Crippen molar-refractivity contribution in [3.63, 3.8) is 0 Å². The fraction of sp³-hybridized carbons (Fsp3) is 0.0588. The third kappa shape index (κ3) is 2.50. The predicted molar refractivity (Wildman–Crippen MR) is 87.7 cm³/mol. The average Bonchev–Trinajstić information content (AvgIpc) is 3.02. The van der Waals surface area contributed by atoms with E-state index in [0.29, 0.717) is 18.1 Å². The summed E-state index contributed by atoms with van der Waals surface area (Å²) in [7, 11) is 0. The fourth-order valence-electron chi connectivity index (χ4n) is 2.51. The molecule has 1 aromatic carbocycles. The molecule has 0 unspecified atom stereocenters. The van der Waals surface area contributed by atoms with Crippen LogP contribution >= 0.6 is 0 Å². The Labute approximate surface area is 132 Å². The zero-order valence-corrected chi connectivity index (χ0v) is 12.3. The third-order valence-electron chi connectivity index (χ3n) is 3.70. The number of nitrogen functional groups attached to an aromatic ring is 1. The molecule has 3 aromatic heterocycles. The molecule has 0 saturated heterocycles. The Morgan fingerprint density at radius 3 is 2.74 bits per heavy atom. The van der Waals surface area contributed by atoms with Crippen molar-refractivity contribution in [3.05, 3.63) is 72.4 Å². The third-order valence-corrected chi connectivity index (χ3v) is 3.70. The van der Waals surface area contributed by atoms with E-state index in [1.54, 1.807) is 35.5 Å². The molecule has 0 atom stereocenters. The van der Waals surface area contributed by atoms with Gasteiger partial charge in [-0.25, -0.2) is 14.5 Å². The van der Waals surface area contributed by atoms with Crippen molar-refractivity contribution < 1.29 is 0 Å². The van der Waals surface area contributed by atoms with Gasteiger partial charge in [-0.2, -0.15) is 5.10 Å². The second-order valence-corrected chi connectivity index (χ2v) is 5.23. The maximum absolute atomic E-state index is 6.13. The normalized spacial score (nSPS) is 11.0. The number of hydrogen-bond donors (Lipinski definition) is 1. The van der Waals surface area contributed by atoms with Crippen LogP contribution in [0.15, 0.2) is 61.3 Å². The topological polar surface area (TPSA) is 82.0 Å². The monoisotopic (exact) mass is 302 g/mol. The lowest BCUT2D eigenvalue weighted by atomic mass is 10.1. The highest BCUT2D eigenvalue weighted by Gasteiger charge is 2.11. The fourth-order valence-corrected chi connectivity index (χ4v) is 2.51. The summed E-state index contributed by atoms with van der Waals surface area (Å²) in [4.78, 5) is 13.0. The number of nitrogens with two attached hydrogens (primary N) is 1. The molecular formula is C17H14N6. The molecule has 0 aliphatic carbocycles. The standard InChI is InChI=1S/C17H14N6/c18-16-13(8-12-4-2-1-3-5-12)9-20-17(22-16)14-10-21-23-7-6-19-11-15(14)23/h1-7,9-11H,8H2,(H2,18,20,22). The molecular weight excluding hydrogens is 288 g/mol. The van der Waals surface area contributed by atoms with E-state index < -0.39 is 0 Å². The van der Waals surface area contributed by atoms with Gasteiger partial charge in [0.05, 0.1) is 23.5 Å². The Kier molecular flexibility index (Phi) is 3.20. The second kappa shape index (κ2) is 5.49. The minimum atomic E-state index is 0.488. The Morgan fingerprint density at radius 2 is 1.91 bits per heavy atom. The molecule has 0 spiro atoms. The first-order valence-electron chi connectivity index (χ1n) is 7.24. The Bertz CT molecular complexity index is 961. The van der Waals surface area contributed by atoms with Crippen LogP contribution in [0.2, 0.25) is 0 Å². The number of benzene rings is 1. The maximum Gasteiger partial charge on any atom is 0.165 e. The summed E-state index contributed by atoms with van der Waals surface area (Å²) in [6.07, 6.45) is 9.42. The summed E-state index contributed by atoms with van der Waals surface area (Å²) < 4.78 is 1.74. The quantitative estimate of drug-likeness (QED) is 0.628. The van der Waals surface area contributed by atoms with Gasteiger partial charge in [-0.3, -0.25) is 4.98 Å². The van der Waals surface area contributed by atoms with E-state index in [-0.39, 0.29) is 0 Å². The lowest BCUT2D eigenvalue weighted by Gasteiger charge is -2.06. The van der Waals surface area contributed by atoms with E-state index in [0.717, 1.165) is 16.6 Å². The molecule has 0 aliphatic rings. The molecule has 0 aliphatic heterocycles. The molecule has 0 fully saturated rings. The molecule has 4 aromatic rings. The number of fused-ring (bicyclic) bond motifs is 1. The molecule has 0 bridgehead atoms. The molecule has 23 heavy (non-hydrogen) atoms. The van der Waals surface area contributed by atoms with Crippen molar-refractivity contribution in [3.8, 4) is 11.4 Å². The van der Waals surface area contributed by atoms with Crippen molar-refractivity contribution in [2.45, 2.75) is 6.42 Å². The van der Waals surface area contributed by atoms with Gasteiger partial charge in [0.15, 0.2) is 5.82 Å².